The first kappa shape index (κ1) is 15.4. The summed E-state index contributed by atoms with van der Waals surface area (Å²) >= 11 is 0. The monoisotopic (exact) mass is 290 g/mol. The van der Waals surface area contributed by atoms with Gasteiger partial charge in [-0.3, -0.25) is 9.69 Å². The Labute approximate surface area is 125 Å². The quantitative estimate of drug-likeness (QED) is 0.848. The van der Waals surface area contributed by atoms with Crippen LogP contribution in [0.2, 0.25) is 0 Å². The first-order valence-electron chi connectivity index (χ1n) is 7.23. The number of nitrogens with one attached hydrogen (secondary N) is 1. The van der Waals surface area contributed by atoms with E-state index >= 15 is 0 Å². The van der Waals surface area contributed by atoms with Gasteiger partial charge >= 0.3 is 6.03 Å². The lowest BCUT2D eigenvalue weighted by atomic mass is 9.87. The smallest absolute Gasteiger partial charge is 0.325 e. The molecule has 1 unspecified atom stereocenters. The van der Waals surface area contributed by atoms with Gasteiger partial charge in [0.25, 0.3) is 5.91 Å². The fourth-order valence-electron chi connectivity index (χ4n) is 2.67. The van der Waals surface area contributed by atoms with Crippen LogP contribution in [-0.2, 0) is 10.3 Å². The molecule has 0 aromatic heterocycles. The SMILES string of the molecule is CCC1(c2ccc(OC)cc2)NC(=O)N(CC(C)C)C1=O. The number of hydrogen-bond acceptors (Lipinski definition) is 3. The van der Waals surface area contributed by atoms with Gasteiger partial charge in [-0.1, -0.05) is 32.9 Å². The molecule has 1 aliphatic heterocycles. The van der Waals surface area contributed by atoms with Crippen molar-refractivity contribution in [1.29, 1.82) is 0 Å². The van der Waals surface area contributed by atoms with Crippen LogP contribution in [0.3, 0.4) is 0 Å². The Morgan fingerprint density at radius 1 is 1.24 bits per heavy atom. The zero-order valence-corrected chi connectivity index (χ0v) is 13.0. The number of urea groups is 1. The van der Waals surface area contributed by atoms with E-state index in [2.05, 4.69) is 5.32 Å². The predicted octanol–water partition coefficient (Wildman–Crippen LogP) is 2.51. The van der Waals surface area contributed by atoms with Crippen LogP contribution in [0.15, 0.2) is 24.3 Å². The molecule has 0 aliphatic carbocycles. The minimum Gasteiger partial charge on any atom is -0.497 e. The van der Waals surface area contributed by atoms with Gasteiger partial charge in [-0.05, 0) is 30.0 Å². The molecule has 21 heavy (non-hydrogen) atoms. The van der Waals surface area contributed by atoms with Gasteiger partial charge in [0, 0.05) is 6.54 Å². The number of benzene rings is 1. The Hall–Kier alpha value is -2.04. The van der Waals surface area contributed by atoms with Crippen molar-refractivity contribution in [1.82, 2.24) is 10.2 Å². The Morgan fingerprint density at radius 2 is 1.86 bits per heavy atom. The second kappa shape index (κ2) is 5.76. The molecule has 0 bridgehead atoms. The molecule has 1 atom stereocenters. The molecular weight excluding hydrogens is 268 g/mol. The van der Waals surface area contributed by atoms with Gasteiger partial charge in [0.1, 0.15) is 11.3 Å². The van der Waals surface area contributed by atoms with Gasteiger partial charge in [-0.25, -0.2) is 4.79 Å². The summed E-state index contributed by atoms with van der Waals surface area (Å²) in [6.45, 7) is 6.31. The molecule has 1 heterocycles. The third-order valence-corrected chi connectivity index (χ3v) is 3.84. The highest BCUT2D eigenvalue weighted by Crippen LogP contribution is 2.33. The molecular formula is C16H22N2O3. The molecule has 1 saturated heterocycles. The van der Waals surface area contributed by atoms with Gasteiger partial charge in [-0.15, -0.1) is 0 Å². The molecule has 1 aliphatic rings. The highest BCUT2D eigenvalue weighted by molar-refractivity contribution is 6.07. The van der Waals surface area contributed by atoms with Crippen LogP contribution < -0.4 is 10.1 Å². The lowest BCUT2D eigenvalue weighted by Gasteiger charge is -2.26. The van der Waals surface area contributed by atoms with E-state index in [0.29, 0.717) is 13.0 Å². The third kappa shape index (κ3) is 2.60. The second-order valence-corrected chi connectivity index (χ2v) is 5.73. The highest BCUT2D eigenvalue weighted by Gasteiger charge is 2.51. The molecule has 0 spiro atoms. The highest BCUT2D eigenvalue weighted by atomic mass is 16.5. The minimum atomic E-state index is -0.960. The van der Waals surface area contributed by atoms with Gasteiger partial charge in [-0.2, -0.15) is 0 Å². The summed E-state index contributed by atoms with van der Waals surface area (Å²) in [5.74, 6) is 0.790. The Morgan fingerprint density at radius 3 is 2.33 bits per heavy atom. The number of carbonyl (C=O) groups excluding carboxylic acids is 2. The molecule has 3 amide bonds. The van der Waals surface area contributed by atoms with Crippen LogP contribution in [0.5, 0.6) is 5.75 Å². The van der Waals surface area contributed by atoms with Crippen LogP contribution >= 0.6 is 0 Å². The number of imide groups is 1. The zero-order valence-electron chi connectivity index (χ0n) is 13.0. The van der Waals surface area contributed by atoms with E-state index < -0.39 is 5.54 Å². The molecule has 114 valence electrons. The van der Waals surface area contributed by atoms with E-state index in [1.165, 1.54) is 4.90 Å². The van der Waals surface area contributed by atoms with Crippen molar-refractivity contribution in [2.24, 2.45) is 5.92 Å². The van der Waals surface area contributed by atoms with Gasteiger partial charge in [0.05, 0.1) is 7.11 Å². The van der Waals surface area contributed by atoms with Crippen molar-refractivity contribution >= 4 is 11.9 Å². The largest absolute Gasteiger partial charge is 0.497 e. The van der Waals surface area contributed by atoms with Crippen molar-refractivity contribution in [3.63, 3.8) is 0 Å². The molecule has 1 aromatic carbocycles. The maximum Gasteiger partial charge on any atom is 0.325 e. The molecule has 1 aromatic rings. The van der Waals surface area contributed by atoms with Crippen LogP contribution in [0.4, 0.5) is 4.79 Å². The van der Waals surface area contributed by atoms with Crippen molar-refractivity contribution in [2.45, 2.75) is 32.7 Å². The Balaban J connectivity index is 2.37. The van der Waals surface area contributed by atoms with Gasteiger partial charge < -0.3 is 10.1 Å². The van der Waals surface area contributed by atoms with Crippen LogP contribution in [0.25, 0.3) is 0 Å². The topological polar surface area (TPSA) is 58.6 Å². The maximum absolute atomic E-state index is 12.8. The van der Waals surface area contributed by atoms with E-state index in [1.807, 2.05) is 32.9 Å². The van der Waals surface area contributed by atoms with E-state index in [4.69, 9.17) is 4.74 Å². The van der Waals surface area contributed by atoms with Crippen molar-refractivity contribution < 1.29 is 14.3 Å². The number of rotatable bonds is 5. The number of methoxy groups -OCH3 is 1. The molecule has 5 heteroatoms. The van der Waals surface area contributed by atoms with Crippen molar-refractivity contribution in [2.75, 3.05) is 13.7 Å². The predicted molar refractivity (Wildman–Crippen MR) is 80.0 cm³/mol. The van der Waals surface area contributed by atoms with E-state index in [1.54, 1.807) is 19.2 Å². The molecule has 0 saturated carbocycles. The maximum atomic E-state index is 12.8. The first-order chi connectivity index (χ1) is 9.94. The lowest BCUT2D eigenvalue weighted by molar-refractivity contribution is -0.132. The molecule has 2 rings (SSSR count). The normalized spacial score (nSPS) is 21.9. The molecule has 1 fully saturated rings. The standard InChI is InChI=1S/C16H22N2O3/c1-5-16(12-6-8-13(21-4)9-7-12)14(19)18(10-11(2)3)15(20)17-16/h6-9,11H,5,10H2,1-4H3,(H,17,20). The number of amides is 3. The van der Waals surface area contributed by atoms with Crippen LogP contribution in [0.1, 0.15) is 32.8 Å². The van der Waals surface area contributed by atoms with Crippen molar-refractivity contribution in [3.8, 4) is 5.75 Å². The Kier molecular flexibility index (Phi) is 4.21. The second-order valence-electron chi connectivity index (χ2n) is 5.73. The third-order valence-electron chi connectivity index (χ3n) is 3.84. The van der Waals surface area contributed by atoms with Crippen molar-refractivity contribution in [3.05, 3.63) is 29.8 Å². The van der Waals surface area contributed by atoms with Gasteiger partial charge in [0.15, 0.2) is 0 Å². The average molecular weight is 290 g/mol. The summed E-state index contributed by atoms with van der Waals surface area (Å²) in [5.41, 5.74) is -0.173. The summed E-state index contributed by atoms with van der Waals surface area (Å²) in [4.78, 5) is 26.2. The van der Waals surface area contributed by atoms with E-state index in [9.17, 15) is 9.59 Å². The zero-order chi connectivity index (χ0) is 15.6. The number of carbonyl (C=O) groups is 2. The average Bonchev–Trinajstić information content (AvgIpc) is 2.72. The Bertz CT molecular complexity index is 539. The van der Waals surface area contributed by atoms with Crippen LogP contribution in [-0.4, -0.2) is 30.5 Å². The summed E-state index contributed by atoms with van der Waals surface area (Å²) in [6.07, 6.45) is 0.512. The first-order valence-corrected chi connectivity index (χ1v) is 7.23. The number of nitrogens with zero attached hydrogens (tertiary/aromatic N) is 1. The molecule has 1 N–H and O–H groups in total. The summed E-state index contributed by atoms with van der Waals surface area (Å²) < 4.78 is 5.14. The minimum absolute atomic E-state index is 0.172. The summed E-state index contributed by atoms with van der Waals surface area (Å²) in [5, 5.41) is 2.87. The van der Waals surface area contributed by atoms with E-state index in [-0.39, 0.29) is 17.9 Å². The molecule has 0 radical (unpaired) electrons. The molecule has 5 nitrogen and oxygen atoms in total. The fourth-order valence-corrected chi connectivity index (χ4v) is 2.67. The van der Waals surface area contributed by atoms with Crippen LogP contribution in [0, 0.1) is 5.92 Å². The number of hydrogen-bond donors (Lipinski definition) is 1. The fraction of sp³-hybridized carbons (Fsp3) is 0.500. The summed E-state index contributed by atoms with van der Waals surface area (Å²) in [6, 6.07) is 6.96. The lowest BCUT2D eigenvalue weighted by Crippen LogP contribution is -2.43. The number of ether oxygens (including phenoxy) is 1. The summed E-state index contributed by atoms with van der Waals surface area (Å²) in [7, 11) is 1.59. The van der Waals surface area contributed by atoms with Gasteiger partial charge in [0.2, 0.25) is 0 Å². The van der Waals surface area contributed by atoms with E-state index in [0.717, 1.165) is 11.3 Å².